The molecular formula is C14H27NOS. The molecule has 1 aliphatic carbocycles. The van der Waals surface area contributed by atoms with Crippen LogP contribution in [0.25, 0.3) is 0 Å². The smallest absolute Gasteiger partial charge is 0.0829 e. The molecule has 17 heavy (non-hydrogen) atoms. The summed E-state index contributed by atoms with van der Waals surface area (Å²) < 4.78 is 0. The first-order chi connectivity index (χ1) is 7.97. The van der Waals surface area contributed by atoms with Gasteiger partial charge < -0.3 is 10.8 Å². The summed E-state index contributed by atoms with van der Waals surface area (Å²) in [4.78, 5) is 0. The van der Waals surface area contributed by atoms with Crippen molar-refractivity contribution >= 4 is 11.8 Å². The lowest BCUT2D eigenvalue weighted by molar-refractivity contribution is -0.0878. The van der Waals surface area contributed by atoms with Crippen molar-refractivity contribution < 1.29 is 5.11 Å². The van der Waals surface area contributed by atoms with Gasteiger partial charge in [-0.1, -0.05) is 20.3 Å². The molecule has 3 N–H and O–H groups in total. The lowest BCUT2D eigenvalue weighted by Crippen LogP contribution is -2.64. The Bertz CT molecular complexity index is 263. The summed E-state index contributed by atoms with van der Waals surface area (Å²) in [7, 11) is 0. The lowest BCUT2D eigenvalue weighted by atomic mass is 9.63. The minimum atomic E-state index is -0.596. The maximum absolute atomic E-state index is 11.0. The van der Waals surface area contributed by atoms with Crippen LogP contribution in [0.2, 0.25) is 0 Å². The zero-order valence-electron chi connectivity index (χ0n) is 11.2. The molecule has 2 nitrogen and oxygen atoms in total. The molecule has 0 aromatic heterocycles. The second-order valence-electron chi connectivity index (χ2n) is 6.40. The third kappa shape index (κ3) is 2.66. The van der Waals surface area contributed by atoms with Crippen LogP contribution in [-0.4, -0.2) is 27.8 Å². The van der Waals surface area contributed by atoms with Crippen LogP contribution in [0.3, 0.4) is 0 Å². The second kappa shape index (κ2) is 5.10. The molecule has 1 aliphatic heterocycles. The Hall–Kier alpha value is 0.270. The molecule has 3 heteroatoms. The topological polar surface area (TPSA) is 46.2 Å². The van der Waals surface area contributed by atoms with E-state index in [1.54, 1.807) is 0 Å². The number of hydrogen-bond acceptors (Lipinski definition) is 3. The summed E-state index contributed by atoms with van der Waals surface area (Å²) in [6.07, 6.45) is 6.22. The van der Waals surface area contributed by atoms with Crippen molar-refractivity contribution in [3.8, 4) is 0 Å². The van der Waals surface area contributed by atoms with E-state index >= 15 is 0 Å². The number of thioether (sulfide) groups is 1. The standard InChI is InChI=1S/C14H27NOS/c1-11(2)12-4-3-5-14(16,10-12)13(15)6-8-17-9-7-13/h11-12,16H,3-10,15H2,1-2H3. The van der Waals surface area contributed by atoms with E-state index in [9.17, 15) is 5.11 Å². The molecule has 2 rings (SSSR count). The van der Waals surface area contributed by atoms with Crippen molar-refractivity contribution in [3.63, 3.8) is 0 Å². The van der Waals surface area contributed by atoms with Gasteiger partial charge in [-0.2, -0.15) is 11.8 Å². The fourth-order valence-electron chi connectivity index (χ4n) is 3.52. The van der Waals surface area contributed by atoms with Gasteiger partial charge >= 0.3 is 0 Å². The maximum Gasteiger partial charge on any atom is 0.0829 e. The van der Waals surface area contributed by atoms with Gasteiger partial charge in [0.2, 0.25) is 0 Å². The Labute approximate surface area is 110 Å². The van der Waals surface area contributed by atoms with E-state index in [1.807, 2.05) is 11.8 Å². The lowest BCUT2D eigenvalue weighted by Gasteiger charge is -2.51. The van der Waals surface area contributed by atoms with Crippen LogP contribution in [0.15, 0.2) is 0 Å². The largest absolute Gasteiger partial charge is 0.388 e. The highest BCUT2D eigenvalue weighted by Crippen LogP contribution is 2.45. The SMILES string of the molecule is CC(C)C1CCCC(O)(C2(N)CCSCC2)C1. The molecule has 0 aromatic carbocycles. The van der Waals surface area contributed by atoms with E-state index in [2.05, 4.69) is 13.8 Å². The third-order valence-electron chi connectivity index (χ3n) is 5.02. The van der Waals surface area contributed by atoms with E-state index in [1.165, 1.54) is 6.42 Å². The number of aliphatic hydroxyl groups is 1. The second-order valence-corrected chi connectivity index (χ2v) is 7.63. The van der Waals surface area contributed by atoms with E-state index in [-0.39, 0.29) is 5.54 Å². The van der Waals surface area contributed by atoms with Gasteiger partial charge in [-0.15, -0.1) is 0 Å². The summed E-state index contributed by atoms with van der Waals surface area (Å²) in [5, 5.41) is 11.0. The average Bonchev–Trinajstić information content (AvgIpc) is 2.30. The fourth-order valence-corrected chi connectivity index (χ4v) is 4.74. The number of rotatable bonds is 2. The van der Waals surface area contributed by atoms with Crippen molar-refractivity contribution in [2.45, 2.75) is 63.5 Å². The van der Waals surface area contributed by atoms with Crippen LogP contribution in [0, 0.1) is 11.8 Å². The molecule has 2 unspecified atom stereocenters. The zero-order valence-corrected chi connectivity index (χ0v) is 12.1. The molecule has 100 valence electrons. The molecule has 1 saturated carbocycles. The quantitative estimate of drug-likeness (QED) is 0.799. The van der Waals surface area contributed by atoms with Crippen LogP contribution >= 0.6 is 11.8 Å². The van der Waals surface area contributed by atoms with Crippen molar-refractivity contribution in [1.82, 2.24) is 0 Å². The van der Waals surface area contributed by atoms with Crippen LogP contribution in [0.5, 0.6) is 0 Å². The van der Waals surface area contributed by atoms with Gasteiger partial charge in [0.15, 0.2) is 0 Å². The average molecular weight is 257 g/mol. The summed E-state index contributed by atoms with van der Waals surface area (Å²) in [5.41, 5.74) is 5.66. The van der Waals surface area contributed by atoms with Crippen LogP contribution in [0.4, 0.5) is 0 Å². The normalized spacial score (nSPS) is 38.3. The fraction of sp³-hybridized carbons (Fsp3) is 1.00. The first-order valence-corrected chi connectivity index (χ1v) is 8.21. The molecule has 2 atom stereocenters. The predicted octanol–water partition coefficient (Wildman–Crippen LogP) is 2.79. The minimum absolute atomic E-state index is 0.314. The highest BCUT2D eigenvalue weighted by atomic mass is 32.2. The Kier molecular flexibility index (Phi) is 4.11. The van der Waals surface area contributed by atoms with Crippen LogP contribution < -0.4 is 5.73 Å². The first-order valence-electron chi connectivity index (χ1n) is 7.06. The van der Waals surface area contributed by atoms with Gasteiger partial charge in [-0.3, -0.25) is 0 Å². The molecule has 0 bridgehead atoms. The molecule has 2 aliphatic rings. The Balaban J connectivity index is 2.11. The highest BCUT2D eigenvalue weighted by molar-refractivity contribution is 7.99. The zero-order chi connectivity index (χ0) is 12.5. The van der Waals surface area contributed by atoms with Gasteiger partial charge in [0, 0.05) is 5.54 Å². The first kappa shape index (κ1) is 13.7. The molecular weight excluding hydrogens is 230 g/mol. The number of hydrogen-bond donors (Lipinski definition) is 2. The van der Waals surface area contributed by atoms with Gasteiger partial charge in [-0.25, -0.2) is 0 Å². The van der Waals surface area contributed by atoms with E-state index in [0.29, 0.717) is 11.8 Å². The van der Waals surface area contributed by atoms with E-state index in [0.717, 1.165) is 43.6 Å². The molecule has 0 radical (unpaired) electrons. The predicted molar refractivity (Wildman–Crippen MR) is 75.2 cm³/mol. The molecule has 0 spiro atoms. The third-order valence-corrected chi connectivity index (χ3v) is 6.01. The van der Waals surface area contributed by atoms with Gasteiger partial charge in [0.25, 0.3) is 0 Å². The van der Waals surface area contributed by atoms with E-state index < -0.39 is 5.60 Å². The molecule has 2 fully saturated rings. The van der Waals surface area contributed by atoms with E-state index in [4.69, 9.17) is 5.73 Å². The van der Waals surface area contributed by atoms with Crippen LogP contribution in [0.1, 0.15) is 52.4 Å². The van der Waals surface area contributed by atoms with Gasteiger partial charge in [-0.05, 0) is 55.4 Å². The van der Waals surface area contributed by atoms with Gasteiger partial charge in [0.1, 0.15) is 0 Å². The summed E-state index contributed by atoms with van der Waals surface area (Å²) >= 11 is 1.98. The Morgan fingerprint density at radius 1 is 1.24 bits per heavy atom. The molecule has 0 aromatic rings. The maximum atomic E-state index is 11.0. The molecule has 0 amide bonds. The summed E-state index contributed by atoms with van der Waals surface area (Å²) in [5.74, 6) is 3.56. The molecule has 1 saturated heterocycles. The van der Waals surface area contributed by atoms with Crippen molar-refractivity contribution in [3.05, 3.63) is 0 Å². The van der Waals surface area contributed by atoms with Crippen molar-refractivity contribution in [1.29, 1.82) is 0 Å². The number of nitrogens with two attached hydrogens (primary N) is 1. The monoisotopic (exact) mass is 257 g/mol. The Morgan fingerprint density at radius 2 is 1.88 bits per heavy atom. The van der Waals surface area contributed by atoms with Crippen molar-refractivity contribution in [2.75, 3.05) is 11.5 Å². The van der Waals surface area contributed by atoms with Gasteiger partial charge in [0.05, 0.1) is 5.60 Å². The van der Waals surface area contributed by atoms with Crippen LogP contribution in [-0.2, 0) is 0 Å². The Morgan fingerprint density at radius 3 is 2.47 bits per heavy atom. The summed E-state index contributed by atoms with van der Waals surface area (Å²) in [6, 6.07) is 0. The van der Waals surface area contributed by atoms with Crippen molar-refractivity contribution in [2.24, 2.45) is 17.6 Å². The molecule has 1 heterocycles. The summed E-state index contributed by atoms with van der Waals surface area (Å²) in [6.45, 7) is 4.55. The minimum Gasteiger partial charge on any atom is -0.388 e. The highest BCUT2D eigenvalue weighted by Gasteiger charge is 2.50.